The Bertz CT molecular complexity index is 353. The second-order valence-electron chi connectivity index (χ2n) is 3.64. The fourth-order valence-electron chi connectivity index (χ4n) is 1.53. The van der Waals surface area contributed by atoms with Gasteiger partial charge in [-0.2, -0.15) is 0 Å². The van der Waals surface area contributed by atoms with Gasteiger partial charge in [0.05, 0.1) is 6.10 Å². The minimum atomic E-state index is -0.253. The molecule has 0 aliphatic heterocycles. The zero-order valence-corrected chi connectivity index (χ0v) is 11.2. The maximum absolute atomic E-state index is 9.56. The summed E-state index contributed by atoms with van der Waals surface area (Å²) in [5.74, 6) is 0. The summed E-state index contributed by atoms with van der Waals surface area (Å²) in [5.41, 5.74) is 3.30. The van der Waals surface area contributed by atoms with E-state index in [4.69, 9.17) is 0 Å². The van der Waals surface area contributed by atoms with Crippen molar-refractivity contribution in [3.8, 4) is 0 Å². The highest BCUT2D eigenvalue weighted by Crippen LogP contribution is 2.16. The summed E-state index contributed by atoms with van der Waals surface area (Å²) in [6, 6.07) is 6.10. The molecule has 0 aliphatic carbocycles. The van der Waals surface area contributed by atoms with Crippen LogP contribution in [-0.4, -0.2) is 11.2 Å². The first-order chi connectivity index (χ1) is 8.21. The largest absolute Gasteiger partial charge is 0.393 e. The summed E-state index contributed by atoms with van der Waals surface area (Å²) in [6.45, 7) is 13.5. The van der Waals surface area contributed by atoms with Crippen molar-refractivity contribution in [3.63, 3.8) is 0 Å². The smallest absolute Gasteiger partial charge is 0.0577 e. The van der Waals surface area contributed by atoms with Crippen molar-refractivity contribution in [2.75, 3.05) is 0 Å². The number of aliphatic hydroxyl groups excluding tert-OH is 1. The van der Waals surface area contributed by atoms with E-state index in [0.29, 0.717) is 6.42 Å². The van der Waals surface area contributed by atoms with Gasteiger partial charge in [0.1, 0.15) is 0 Å². The van der Waals surface area contributed by atoms with Crippen LogP contribution in [0, 0.1) is 0 Å². The predicted molar refractivity (Wildman–Crippen MR) is 78.0 cm³/mol. The Morgan fingerprint density at radius 2 is 1.76 bits per heavy atom. The molecule has 0 spiro atoms. The fourth-order valence-corrected chi connectivity index (χ4v) is 1.53. The first kappa shape index (κ1) is 15.7. The molecule has 17 heavy (non-hydrogen) atoms. The lowest BCUT2D eigenvalue weighted by atomic mass is 9.99. The van der Waals surface area contributed by atoms with E-state index in [1.54, 1.807) is 0 Å². The lowest BCUT2D eigenvalue weighted by molar-refractivity contribution is 0.171. The molecule has 0 saturated carbocycles. The monoisotopic (exact) mass is 232 g/mol. The second-order valence-corrected chi connectivity index (χ2v) is 3.64. The Labute approximate surface area is 106 Å². The van der Waals surface area contributed by atoms with Crippen LogP contribution in [0.15, 0.2) is 31.4 Å². The van der Waals surface area contributed by atoms with Crippen LogP contribution in [0.4, 0.5) is 0 Å². The molecule has 94 valence electrons. The summed E-state index contributed by atoms with van der Waals surface area (Å²) < 4.78 is 0. The molecule has 0 saturated heterocycles. The van der Waals surface area contributed by atoms with Crippen molar-refractivity contribution in [1.82, 2.24) is 0 Å². The molecule has 0 radical (unpaired) electrons. The van der Waals surface area contributed by atoms with Crippen LogP contribution in [0.3, 0.4) is 0 Å². The summed E-state index contributed by atoms with van der Waals surface area (Å²) in [4.78, 5) is 0. The van der Waals surface area contributed by atoms with E-state index in [1.165, 1.54) is 0 Å². The van der Waals surface area contributed by atoms with E-state index in [2.05, 4.69) is 19.2 Å². The van der Waals surface area contributed by atoms with Crippen LogP contribution < -0.4 is 0 Å². The van der Waals surface area contributed by atoms with Gasteiger partial charge in [-0.15, -0.1) is 0 Å². The van der Waals surface area contributed by atoms with E-state index >= 15 is 0 Å². The topological polar surface area (TPSA) is 20.2 Å². The normalized spacial score (nSPS) is 11.1. The Hall–Kier alpha value is -1.34. The lowest BCUT2D eigenvalue weighted by Crippen LogP contribution is -2.08. The van der Waals surface area contributed by atoms with Gasteiger partial charge in [-0.1, -0.05) is 64.3 Å². The molecular formula is C16H24O. The predicted octanol–water partition coefficient (Wildman–Crippen LogP) is 4.31. The van der Waals surface area contributed by atoms with Crippen LogP contribution in [0.1, 0.15) is 43.9 Å². The standard InChI is InChI=1S/C14H18O.C2H6/c1-4-12-8-7-11(9-13(12)5-2)10-14(15)6-3;1-2/h4-5,7-9,14-15H,1-2,6,10H2,3H3;1-2H3. The highest BCUT2D eigenvalue weighted by Gasteiger charge is 2.04. The maximum atomic E-state index is 9.56. The van der Waals surface area contributed by atoms with Gasteiger partial charge >= 0.3 is 0 Å². The van der Waals surface area contributed by atoms with Gasteiger partial charge in [-0.3, -0.25) is 0 Å². The van der Waals surface area contributed by atoms with E-state index < -0.39 is 0 Å². The van der Waals surface area contributed by atoms with Gasteiger partial charge in [-0.05, 0) is 29.5 Å². The third-order valence-corrected chi connectivity index (χ3v) is 2.53. The molecule has 1 unspecified atom stereocenters. The minimum absolute atomic E-state index is 0.253. The number of hydrogen-bond acceptors (Lipinski definition) is 1. The minimum Gasteiger partial charge on any atom is -0.393 e. The summed E-state index contributed by atoms with van der Waals surface area (Å²) in [6.07, 6.45) is 4.87. The fraction of sp³-hybridized carbons (Fsp3) is 0.375. The van der Waals surface area contributed by atoms with Crippen LogP contribution in [-0.2, 0) is 6.42 Å². The van der Waals surface area contributed by atoms with E-state index in [-0.39, 0.29) is 6.10 Å². The molecule has 0 heterocycles. The first-order valence-corrected chi connectivity index (χ1v) is 6.27. The molecule has 1 rings (SSSR count). The number of benzene rings is 1. The summed E-state index contributed by atoms with van der Waals surface area (Å²) >= 11 is 0. The van der Waals surface area contributed by atoms with Gasteiger partial charge in [0, 0.05) is 0 Å². The van der Waals surface area contributed by atoms with Crippen molar-refractivity contribution in [2.24, 2.45) is 0 Å². The van der Waals surface area contributed by atoms with Crippen LogP contribution >= 0.6 is 0 Å². The van der Waals surface area contributed by atoms with E-state index in [9.17, 15) is 5.11 Å². The molecular weight excluding hydrogens is 208 g/mol. The highest BCUT2D eigenvalue weighted by atomic mass is 16.3. The Kier molecular flexibility index (Phi) is 8.08. The van der Waals surface area contributed by atoms with Gasteiger partial charge in [-0.25, -0.2) is 0 Å². The Morgan fingerprint density at radius 3 is 2.24 bits per heavy atom. The lowest BCUT2D eigenvalue weighted by Gasteiger charge is -2.09. The molecule has 1 nitrogen and oxygen atoms in total. The molecule has 1 aromatic carbocycles. The zero-order chi connectivity index (χ0) is 13.3. The van der Waals surface area contributed by atoms with Crippen molar-refractivity contribution >= 4 is 12.2 Å². The number of aliphatic hydroxyl groups is 1. The van der Waals surface area contributed by atoms with Crippen LogP contribution in [0.2, 0.25) is 0 Å². The molecule has 1 aromatic rings. The molecule has 0 bridgehead atoms. The first-order valence-electron chi connectivity index (χ1n) is 6.27. The van der Waals surface area contributed by atoms with Gasteiger partial charge in [0.2, 0.25) is 0 Å². The molecule has 0 aliphatic rings. The van der Waals surface area contributed by atoms with Crippen LogP contribution in [0.25, 0.3) is 12.2 Å². The van der Waals surface area contributed by atoms with E-state index in [0.717, 1.165) is 23.1 Å². The molecule has 0 aromatic heterocycles. The molecule has 1 N–H and O–H groups in total. The van der Waals surface area contributed by atoms with E-state index in [1.807, 2.05) is 45.1 Å². The second kappa shape index (κ2) is 8.77. The molecule has 1 atom stereocenters. The molecule has 0 fully saturated rings. The van der Waals surface area contributed by atoms with Crippen molar-refractivity contribution in [2.45, 2.75) is 39.7 Å². The summed E-state index contributed by atoms with van der Waals surface area (Å²) in [5, 5.41) is 9.56. The van der Waals surface area contributed by atoms with Crippen molar-refractivity contribution in [3.05, 3.63) is 48.0 Å². The Morgan fingerprint density at radius 1 is 1.18 bits per heavy atom. The zero-order valence-electron chi connectivity index (χ0n) is 11.2. The summed E-state index contributed by atoms with van der Waals surface area (Å²) in [7, 11) is 0. The molecule has 0 amide bonds. The third kappa shape index (κ3) is 5.01. The Balaban J connectivity index is 0.00000121. The average molecular weight is 232 g/mol. The SMILES string of the molecule is C=Cc1ccc(CC(O)CC)cc1C=C.CC. The molecule has 1 heteroatoms. The third-order valence-electron chi connectivity index (χ3n) is 2.53. The quantitative estimate of drug-likeness (QED) is 0.802. The highest BCUT2D eigenvalue weighted by molar-refractivity contribution is 5.64. The van der Waals surface area contributed by atoms with Gasteiger partial charge in [0.25, 0.3) is 0 Å². The van der Waals surface area contributed by atoms with Crippen LogP contribution in [0.5, 0.6) is 0 Å². The average Bonchev–Trinajstić information content (AvgIpc) is 2.40. The maximum Gasteiger partial charge on any atom is 0.0577 e. The van der Waals surface area contributed by atoms with Gasteiger partial charge < -0.3 is 5.11 Å². The number of hydrogen-bond donors (Lipinski definition) is 1. The number of rotatable bonds is 5. The van der Waals surface area contributed by atoms with Crippen molar-refractivity contribution in [1.29, 1.82) is 0 Å². The van der Waals surface area contributed by atoms with Crippen molar-refractivity contribution < 1.29 is 5.11 Å². The van der Waals surface area contributed by atoms with Gasteiger partial charge in [0.15, 0.2) is 0 Å².